The fourth-order valence-electron chi connectivity index (χ4n) is 8.78. The van der Waals surface area contributed by atoms with Crippen LogP contribution in [0.5, 0.6) is 0 Å². The molecule has 0 amide bonds. The van der Waals surface area contributed by atoms with E-state index in [9.17, 15) is 0 Å². The summed E-state index contributed by atoms with van der Waals surface area (Å²) in [7, 11) is 0. The minimum absolute atomic E-state index is 0. The number of allylic oxidation sites excluding steroid dienone is 4. The summed E-state index contributed by atoms with van der Waals surface area (Å²) >= 11 is -2.89. The number of hydrogen-bond donors (Lipinski definition) is 0. The van der Waals surface area contributed by atoms with Gasteiger partial charge in [0.15, 0.2) is 0 Å². The van der Waals surface area contributed by atoms with E-state index < -0.39 is 21.3 Å². The Morgan fingerprint density at radius 2 is 1.04 bits per heavy atom. The Hall–Kier alpha value is -3.35. The maximum atomic E-state index is 2.52. The third kappa shape index (κ3) is 5.44. The summed E-state index contributed by atoms with van der Waals surface area (Å²) in [5, 5.41) is 5.55. The zero-order valence-corrected chi connectivity index (χ0v) is 32.1. The fourth-order valence-corrected chi connectivity index (χ4v) is 19.5. The first kappa shape index (κ1) is 34.5. The average molecular weight is 745 g/mol. The molecule has 3 heteroatoms. The smallest absolute Gasteiger partial charge is 0.147 e. The van der Waals surface area contributed by atoms with E-state index in [-0.39, 0.29) is 35.6 Å². The van der Waals surface area contributed by atoms with Gasteiger partial charge in [0.1, 0.15) is 0 Å². The zero-order chi connectivity index (χ0) is 31.5. The Bertz CT molecular complexity index is 2170. The van der Waals surface area contributed by atoms with Crippen LogP contribution in [-0.2, 0) is 32.1 Å². The van der Waals surface area contributed by atoms with Gasteiger partial charge in [-0.3, -0.25) is 0 Å². The van der Waals surface area contributed by atoms with E-state index in [1.165, 1.54) is 49.4 Å². The van der Waals surface area contributed by atoms with Crippen LogP contribution in [0.25, 0.3) is 32.7 Å². The third-order valence-corrected chi connectivity index (χ3v) is 20.6. The van der Waals surface area contributed by atoms with Crippen molar-refractivity contribution in [1.82, 2.24) is 0 Å². The molecule has 0 saturated carbocycles. The van der Waals surface area contributed by atoms with Crippen molar-refractivity contribution in [2.45, 2.75) is 48.6 Å². The van der Waals surface area contributed by atoms with Crippen molar-refractivity contribution in [3.63, 3.8) is 0 Å². The van der Waals surface area contributed by atoms with E-state index in [4.69, 9.17) is 0 Å². The van der Waals surface area contributed by atoms with Crippen LogP contribution in [0.2, 0.25) is 0 Å². The van der Waals surface area contributed by atoms with Crippen molar-refractivity contribution >= 4 is 49.6 Å². The molecule has 0 nitrogen and oxygen atoms in total. The number of halogens is 2. The summed E-state index contributed by atoms with van der Waals surface area (Å²) in [4.78, 5) is 0. The van der Waals surface area contributed by atoms with Crippen LogP contribution in [0.4, 0.5) is 0 Å². The van der Waals surface area contributed by atoms with Crippen molar-refractivity contribution in [1.29, 1.82) is 0 Å². The van der Waals surface area contributed by atoms with Gasteiger partial charge in [-0.2, -0.15) is 0 Å². The Morgan fingerprint density at radius 1 is 0.562 bits per heavy atom. The summed E-state index contributed by atoms with van der Waals surface area (Å²) in [6, 6.07) is 50.4. The quantitative estimate of drug-likeness (QED) is 0.149. The Labute approximate surface area is 305 Å². The van der Waals surface area contributed by atoms with E-state index in [0.717, 1.165) is 6.42 Å². The summed E-state index contributed by atoms with van der Waals surface area (Å²) in [6.45, 7) is 10.1. The second-order valence-corrected chi connectivity index (χ2v) is 20.3. The first-order chi connectivity index (χ1) is 22.4. The van der Waals surface area contributed by atoms with Gasteiger partial charge < -0.3 is 0 Å². The van der Waals surface area contributed by atoms with Gasteiger partial charge in [-0.25, -0.2) is 0 Å². The molecule has 0 aliphatic heterocycles. The molecule has 0 heterocycles. The van der Waals surface area contributed by atoms with Crippen molar-refractivity contribution in [3.05, 3.63) is 177 Å². The normalized spacial score (nSPS) is 14.9. The molecule has 1 atom stereocenters. The Morgan fingerprint density at radius 3 is 1.60 bits per heavy atom. The van der Waals surface area contributed by atoms with E-state index in [1.54, 1.807) is 12.1 Å². The molecule has 0 N–H and O–H groups in total. The molecular weight excluding hydrogens is 703 g/mol. The van der Waals surface area contributed by atoms with Crippen molar-refractivity contribution in [3.8, 4) is 11.1 Å². The number of rotatable bonds is 6. The molecule has 2 aliphatic carbocycles. The van der Waals surface area contributed by atoms with E-state index in [1.807, 2.05) is 0 Å². The minimum atomic E-state index is -2.89. The monoisotopic (exact) mass is 742 g/mol. The zero-order valence-electron chi connectivity index (χ0n) is 28.0. The molecule has 0 saturated heterocycles. The van der Waals surface area contributed by atoms with Gasteiger partial charge in [0.05, 0.1) is 0 Å². The molecule has 6 aromatic rings. The molecule has 6 aromatic carbocycles. The molecular formula is C45H42Cl2Zr. The van der Waals surface area contributed by atoms with Crippen LogP contribution < -0.4 is 0 Å². The van der Waals surface area contributed by atoms with Gasteiger partial charge >= 0.3 is 283 Å². The van der Waals surface area contributed by atoms with Crippen molar-refractivity contribution < 1.29 is 21.3 Å². The molecule has 2 aliphatic rings. The molecule has 0 bridgehead atoms. The maximum absolute atomic E-state index is 2.89. The second kappa shape index (κ2) is 13.5. The third-order valence-electron chi connectivity index (χ3n) is 10.7. The minimum Gasteiger partial charge on any atom is -0.147 e. The van der Waals surface area contributed by atoms with Crippen LogP contribution in [0.1, 0.15) is 60.0 Å². The first-order valence-corrected chi connectivity index (χ1v) is 20.5. The van der Waals surface area contributed by atoms with Crippen molar-refractivity contribution in [2.75, 3.05) is 0 Å². The van der Waals surface area contributed by atoms with Gasteiger partial charge in [0.25, 0.3) is 0 Å². The molecule has 8 rings (SSSR count). The number of benzene rings is 6. The van der Waals surface area contributed by atoms with Crippen LogP contribution in [0.15, 0.2) is 155 Å². The predicted molar refractivity (Wildman–Crippen MR) is 209 cm³/mol. The van der Waals surface area contributed by atoms with Crippen LogP contribution in [0, 0.1) is 0 Å². The van der Waals surface area contributed by atoms with Crippen molar-refractivity contribution in [2.24, 2.45) is 0 Å². The Balaban J connectivity index is 0.00000201. The van der Waals surface area contributed by atoms with Gasteiger partial charge in [-0.05, 0) is 0 Å². The average Bonchev–Trinajstić information content (AvgIpc) is 3.75. The molecule has 0 aromatic heterocycles. The standard InChI is InChI=1S/C21H13.C19H22.C5H5.2ClH.Zr/c1-2-8-15-14(7-1)13-20-18-11-4-3-9-16(18)17-10-5-6-12-19(17)21(15)20;1-18(2,16-11-7-5-8-12-16)15-19(3,4)17-13-9-6-10-14-17;1-2-4-5-3-1;;;/h1-13H;5-14H,1-4H3;1-3H,4H2;2*1H;. The first-order valence-electron chi connectivity index (χ1n) is 16.6. The van der Waals surface area contributed by atoms with Gasteiger partial charge in [0, 0.05) is 0 Å². The molecule has 0 fully saturated rings. The largest absolute Gasteiger partial charge is 0.147 e. The summed E-state index contributed by atoms with van der Waals surface area (Å²) < 4.78 is 3.84. The fraction of sp³-hybridized carbons (Fsp3) is 0.178. The number of hydrogen-bond acceptors (Lipinski definition) is 0. The topological polar surface area (TPSA) is 0 Å². The predicted octanol–water partition coefficient (Wildman–Crippen LogP) is 12.5. The molecule has 1 unspecified atom stereocenters. The van der Waals surface area contributed by atoms with Gasteiger partial charge in [-0.1, -0.05) is 0 Å². The maximum Gasteiger partial charge on any atom is -0.147 e. The van der Waals surface area contributed by atoms with Gasteiger partial charge in [0.2, 0.25) is 0 Å². The summed E-state index contributed by atoms with van der Waals surface area (Å²) in [5.74, 6) is 0. The second-order valence-electron chi connectivity index (χ2n) is 14.0. The molecule has 48 heavy (non-hydrogen) atoms. The molecule has 0 radical (unpaired) electrons. The van der Waals surface area contributed by atoms with Gasteiger partial charge in [-0.15, -0.1) is 24.8 Å². The molecule has 240 valence electrons. The van der Waals surface area contributed by atoms with E-state index in [0.29, 0.717) is 3.63 Å². The Kier molecular flexibility index (Phi) is 9.72. The van der Waals surface area contributed by atoms with Crippen LogP contribution >= 0.6 is 24.8 Å². The SMILES string of the molecule is CC(C)([C](=[Zr]([C]1=CC=CC1)[CH]1c2ccccc2-c2c1c1ccccc1c1ccccc21)C(C)(C)c1ccccc1)c1ccccc1.Cl.Cl. The van der Waals surface area contributed by atoms with E-state index in [2.05, 4.69) is 179 Å². The van der Waals surface area contributed by atoms with E-state index >= 15 is 0 Å². The van der Waals surface area contributed by atoms with Crippen LogP contribution in [0.3, 0.4) is 0 Å². The summed E-state index contributed by atoms with van der Waals surface area (Å²) in [5.41, 5.74) is 8.56. The summed E-state index contributed by atoms with van der Waals surface area (Å²) in [6.07, 6.45) is 8.31. The number of fused-ring (bicyclic) bond motifs is 8. The molecule has 0 spiro atoms. The van der Waals surface area contributed by atoms with Crippen LogP contribution in [-0.4, -0.2) is 3.21 Å².